The third kappa shape index (κ3) is 3.47. The smallest absolute Gasteiger partial charge is 0.341 e. The zero-order valence-electron chi connectivity index (χ0n) is 13.3. The number of imidazole rings is 1. The van der Waals surface area contributed by atoms with E-state index in [9.17, 15) is 4.79 Å². The summed E-state index contributed by atoms with van der Waals surface area (Å²) in [5, 5.41) is 8.76. The summed E-state index contributed by atoms with van der Waals surface area (Å²) in [6, 6.07) is 5.97. The maximum Gasteiger partial charge on any atom is 0.341 e. The summed E-state index contributed by atoms with van der Waals surface area (Å²) in [6.45, 7) is 3.35. The summed E-state index contributed by atoms with van der Waals surface area (Å²) in [4.78, 5) is 15.4. The van der Waals surface area contributed by atoms with Gasteiger partial charge in [0.15, 0.2) is 6.61 Å². The van der Waals surface area contributed by atoms with Crippen molar-refractivity contribution in [1.82, 2.24) is 9.55 Å². The van der Waals surface area contributed by atoms with E-state index in [-0.39, 0.29) is 6.61 Å². The highest BCUT2D eigenvalue weighted by Gasteiger charge is 2.21. The first-order valence-electron chi connectivity index (χ1n) is 8.12. The number of nitrogens with zero attached hydrogens (tertiary/aromatic N) is 2. The first-order valence-corrected chi connectivity index (χ1v) is 8.12. The minimum atomic E-state index is -0.977. The number of hydrogen-bond acceptors (Lipinski definition) is 4. The molecule has 1 aliphatic heterocycles. The van der Waals surface area contributed by atoms with Crippen molar-refractivity contribution in [3.05, 3.63) is 24.0 Å². The summed E-state index contributed by atoms with van der Waals surface area (Å²) < 4.78 is 13.1. The van der Waals surface area contributed by atoms with Crippen LogP contribution in [0, 0.1) is 0 Å². The fourth-order valence-corrected chi connectivity index (χ4v) is 3.11. The topological polar surface area (TPSA) is 73.6 Å². The number of benzene rings is 1. The summed E-state index contributed by atoms with van der Waals surface area (Å²) in [5.41, 5.74) is 1.95. The molecule has 0 radical (unpaired) electrons. The molecule has 0 aliphatic carbocycles. The molecule has 3 rings (SSSR count). The highest BCUT2D eigenvalue weighted by molar-refractivity contribution is 5.78. The zero-order chi connectivity index (χ0) is 16.2. The van der Waals surface area contributed by atoms with Crippen LogP contribution in [0.25, 0.3) is 11.0 Å². The van der Waals surface area contributed by atoms with Gasteiger partial charge in [-0.2, -0.15) is 0 Å². The Kier molecular flexibility index (Phi) is 4.81. The van der Waals surface area contributed by atoms with Crippen molar-refractivity contribution >= 4 is 17.0 Å². The molecule has 1 aromatic carbocycles. The average Bonchev–Trinajstić information content (AvgIpc) is 2.91. The second kappa shape index (κ2) is 7.00. The Balaban J connectivity index is 1.99. The molecular formula is C17H22N2O4. The molecule has 0 saturated carbocycles. The van der Waals surface area contributed by atoms with Crippen molar-refractivity contribution in [1.29, 1.82) is 0 Å². The molecule has 1 aliphatic rings. The molecular weight excluding hydrogens is 296 g/mol. The van der Waals surface area contributed by atoms with E-state index in [4.69, 9.17) is 19.6 Å². The van der Waals surface area contributed by atoms with Crippen LogP contribution in [0.5, 0.6) is 5.75 Å². The first kappa shape index (κ1) is 15.8. The van der Waals surface area contributed by atoms with Crippen molar-refractivity contribution in [3.63, 3.8) is 0 Å². The zero-order valence-corrected chi connectivity index (χ0v) is 13.3. The van der Waals surface area contributed by atoms with Crippen LogP contribution in [0.1, 0.15) is 38.1 Å². The number of hydrogen-bond donors (Lipinski definition) is 1. The fraction of sp³-hybridized carbons (Fsp3) is 0.529. The molecule has 0 atom stereocenters. The molecule has 23 heavy (non-hydrogen) atoms. The number of aryl methyl sites for hydroxylation is 1. The van der Waals surface area contributed by atoms with E-state index in [0.29, 0.717) is 11.8 Å². The van der Waals surface area contributed by atoms with Crippen LogP contribution < -0.4 is 4.74 Å². The van der Waals surface area contributed by atoms with Crippen LogP contribution >= 0.6 is 0 Å². The van der Waals surface area contributed by atoms with Crippen LogP contribution in [0.3, 0.4) is 0 Å². The van der Waals surface area contributed by atoms with Gasteiger partial charge in [-0.15, -0.1) is 0 Å². The summed E-state index contributed by atoms with van der Waals surface area (Å²) in [7, 11) is 0. The third-order valence-corrected chi connectivity index (χ3v) is 4.13. The average molecular weight is 318 g/mol. The van der Waals surface area contributed by atoms with E-state index in [2.05, 4.69) is 11.5 Å². The monoisotopic (exact) mass is 318 g/mol. The number of ether oxygens (including phenoxy) is 2. The maximum atomic E-state index is 10.7. The Morgan fingerprint density at radius 3 is 2.91 bits per heavy atom. The Hall–Kier alpha value is -2.08. The predicted octanol–water partition coefficient (Wildman–Crippen LogP) is 2.80. The van der Waals surface area contributed by atoms with E-state index in [1.165, 1.54) is 0 Å². The number of carboxylic acid groups (broad SMARTS) is 1. The van der Waals surface area contributed by atoms with Gasteiger partial charge in [0.25, 0.3) is 0 Å². The largest absolute Gasteiger partial charge is 0.482 e. The van der Waals surface area contributed by atoms with Crippen LogP contribution in [-0.4, -0.2) is 40.4 Å². The fourth-order valence-electron chi connectivity index (χ4n) is 3.11. The highest BCUT2D eigenvalue weighted by atomic mass is 16.5. The lowest BCUT2D eigenvalue weighted by Gasteiger charge is -2.26. The van der Waals surface area contributed by atoms with Crippen molar-refractivity contribution in [2.45, 2.75) is 38.6 Å². The van der Waals surface area contributed by atoms with E-state index in [1.807, 2.05) is 12.1 Å². The van der Waals surface area contributed by atoms with Gasteiger partial charge < -0.3 is 19.1 Å². The molecule has 0 bridgehead atoms. The van der Waals surface area contributed by atoms with Gasteiger partial charge in [0.1, 0.15) is 11.6 Å². The summed E-state index contributed by atoms with van der Waals surface area (Å²) >= 11 is 0. The molecule has 1 saturated heterocycles. The van der Waals surface area contributed by atoms with Crippen molar-refractivity contribution in [2.75, 3.05) is 19.8 Å². The van der Waals surface area contributed by atoms with Crippen molar-refractivity contribution < 1.29 is 19.4 Å². The number of carbonyl (C=O) groups is 1. The maximum absolute atomic E-state index is 10.7. The van der Waals surface area contributed by atoms with Crippen LogP contribution in [0.4, 0.5) is 0 Å². The quantitative estimate of drug-likeness (QED) is 0.886. The van der Waals surface area contributed by atoms with Gasteiger partial charge in [0, 0.05) is 31.7 Å². The summed E-state index contributed by atoms with van der Waals surface area (Å²) in [5.74, 6) is 0.677. The van der Waals surface area contributed by atoms with Crippen LogP contribution in [0.15, 0.2) is 18.2 Å². The highest BCUT2D eigenvalue weighted by Crippen LogP contribution is 2.30. The Bertz CT molecular complexity index is 689. The number of carboxylic acids is 1. The van der Waals surface area contributed by atoms with Crippen LogP contribution in [-0.2, 0) is 16.0 Å². The number of fused-ring (bicyclic) bond motifs is 1. The molecule has 0 spiro atoms. The Morgan fingerprint density at radius 2 is 2.22 bits per heavy atom. The number of rotatable bonds is 6. The van der Waals surface area contributed by atoms with E-state index in [0.717, 1.165) is 55.8 Å². The second-order valence-electron chi connectivity index (χ2n) is 5.82. The third-order valence-electron chi connectivity index (χ3n) is 4.13. The molecule has 2 aromatic rings. The molecule has 6 heteroatoms. The normalized spacial score (nSPS) is 15.9. The standard InChI is InChI=1S/C17H22N2O4/c1-2-3-16-18-14-5-4-13(23-11-17(20)21)10-15(14)19(16)12-6-8-22-9-7-12/h4-5,10,12H,2-3,6-9,11H2,1H3,(H,20,21). The Morgan fingerprint density at radius 1 is 1.43 bits per heavy atom. The molecule has 6 nitrogen and oxygen atoms in total. The first-order chi connectivity index (χ1) is 11.2. The Labute approximate surface area is 135 Å². The number of aromatic nitrogens is 2. The SMILES string of the molecule is CCCc1nc2ccc(OCC(=O)O)cc2n1C1CCOCC1. The van der Waals surface area contributed by atoms with E-state index >= 15 is 0 Å². The number of aliphatic carboxylic acids is 1. The van der Waals surface area contributed by atoms with Crippen molar-refractivity contribution in [3.8, 4) is 5.75 Å². The molecule has 0 unspecified atom stereocenters. The van der Waals surface area contributed by atoms with Crippen LogP contribution in [0.2, 0.25) is 0 Å². The lowest BCUT2D eigenvalue weighted by atomic mass is 10.1. The molecule has 124 valence electrons. The van der Waals surface area contributed by atoms with Gasteiger partial charge in [-0.05, 0) is 31.4 Å². The van der Waals surface area contributed by atoms with Gasteiger partial charge in [-0.3, -0.25) is 0 Å². The molecule has 1 N–H and O–H groups in total. The van der Waals surface area contributed by atoms with Gasteiger partial charge >= 0.3 is 5.97 Å². The van der Waals surface area contributed by atoms with Crippen molar-refractivity contribution in [2.24, 2.45) is 0 Å². The van der Waals surface area contributed by atoms with E-state index in [1.54, 1.807) is 6.07 Å². The molecule has 1 aromatic heterocycles. The minimum Gasteiger partial charge on any atom is -0.482 e. The van der Waals surface area contributed by atoms with Gasteiger partial charge in [0.05, 0.1) is 11.0 Å². The molecule has 1 fully saturated rings. The predicted molar refractivity (Wildman–Crippen MR) is 85.9 cm³/mol. The second-order valence-corrected chi connectivity index (χ2v) is 5.82. The molecule has 2 heterocycles. The van der Waals surface area contributed by atoms with Gasteiger partial charge in [-0.25, -0.2) is 9.78 Å². The summed E-state index contributed by atoms with van der Waals surface area (Å²) in [6.07, 6.45) is 3.91. The lowest BCUT2D eigenvalue weighted by Crippen LogP contribution is -2.21. The minimum absolute atomic E-state index is 0.335. The van der Waals surface area contributed by atoms with E-state index < -0.39 is 5.97 Å². The molecule has 0 amide bonds. The lowest BCUT2D eigenvalue weighted by molar-refractivity contribution is -0.139. The van der Waals surface area contributed by atoms with Gasteiger partial charge in [0.2, 0.25) is 0 Å². The van der Waals surface area contributed by atoms with Gasteiger partial charge in [-0.1, -0.05) is 6.92 Å².